The van der Waals surface area contributed by atoms with E-state index in [1.54, 1.807) is 0 Å². The van der Waals surface area contributed by atoms with Crippen LogP contribution < -0.4 is 15.0 Å². The first-order valence-electron chi connectivity index (χ1n) is 3.72. The van der Waals surface area contributed by atoms with E-state index in [4.69, 9.17) is 21.9 Å². The third-order valence-electron chi connectivity index (χ3n) is 1.52. The highest BCUT2D eigenvalue weighted by Crippen LogP contribution is 2.24. The molecule has 0 aliphatic carbocycles. The minimum atomic E-state index is -3.96. The maximum Gasteiger partial charge on any atom is 0.296 e. The summed E-state index contributed by atoms with van der Waals surface area (Å²) in [4.78, 5) is -0.225. The molecule has 0 fully saturated rings. The lowest BCUT2D eigenvalue weighted by atomic mass is 10.3. The van der Waals surface area contributed by atoms with Crippen LogP contribution in [0.4, 0.5) is 5.69 Å². The average Bonchev–Trinajstić information content (AvgIpc) is 2.04. The van der Waals surface area contributed by atoms with Gasteiger partial charge in [0.05, 0.1) is 15.6 Å². The predicted octanol–water partition coefficient (Wildman–Crippen LogP) is -0.397. The normalized spacial score (nSPS) is 12.4. The highest BCUT2D eigenvalue weighted by atomic mass is 35.5. The average molecular weight is 286 g/mol. The smallest absolute Gasteiger partial charge is 0.270 e. The molecule has 90 valence electrons. The molecule has 1 rings (SSSR count). The van der Waals surface area contributed by atoms with Crippen LogP contribution in [0.2, 0.25) is 5.02 Å². The SMILES string of the molecule is NS(=O)(=O)Nc1ccc(S(N)(=O)=O)cc1Cl. The molecule has 0 aromatic heterocycles. The van der Waals surface area contributed by atoms with Crippen molar-refractivity contribution in [1.82, 2.24) is 0 Å². The van der Waals surface area contributed by atoms with Crippen LogP contribution in [0.25, 0.3) is 0 Å². The molecule has 0 unspecified atom stereocenters. The summed E-state index contributed by atoms with van der Waals surface area (Å²) in [6.07, 6.45) is 0. The van der Waals surface area contributed by atoms with Gasteiger partial charge < -0.3 is 0 Å². The number of rotatable bonds is 3. The lowest BCUT2D eigenvalue weighted by Gasteiger charge is -2.06. The Balaban J connectivity index is 3.21. The number of hydrogen-bond donors (Lipinski definition) is 3. The van der Waals surface area contributed by atoms with Gasteiger partial charge in [-0.1, -0.05) is 11.6 Å². The summed E-state index contributed by atoms with van der Waals surface area (Å²) in [5.74, 6) is 0. The molecule has 0 amide bonds. The highest BCUT2D eigenvalue weighted by Gasteiger charge is 2.12. The summed E-state index contributed by atoms with van der Waals surface area (Å²) in [6.45, 7) is 0. The van der Waals surface area contributed by atoms with Crippen molar-refractivity contribution in [3.05, 3.63) is 23.2 Å². The Hall–Kier alpha value is -0.870. The number of hydrogen-bond acceptors (Lipinski definition) is 4. The van der Waals surface area contributed by atoms with Crippen molar-refractivity contribution in [3.63, 3.8) is 0 Å². The number of primary sulfonamides is 1. The Morgan fingerprint density at radius 2 is 1.69 bits per heavy atom. The van der Waals surface area contributed by atoms with E-state index in [0.717, 1.165) is 18.2 Å². The lowest BCUT2D eigenvalue weighted by Crippen LogP contribution is -2.22. The van der Waals surface area contributed by atoms with Gasteiger partial charge in [-0.25, -0.2) is 18.7 Å². The molecule has 0 bridgehead atoms. The fraction of sp³-hybridized carbons (Fsp3) is 0. The fourth-order valence-electron chi connectivity index (χ4n) is 0.909. The maximum atomic E-state index is 10.9. The van der Waals surface area contributed by atoms with Gasteiger partial charge in [-0.3, -0.25) is 4.72 Å². The van der Waals surface area contributed by atoms with E-state index in [-0.39, 0.29) is 15.6 Å². The second-order valence-electron chi connectivity index (χ2n) is 2.83. The third kappa shape index (κ3) is 3.61. The molecule has 5 N–H and O–H groups in total. The fourth-order valence-corrected chi connectivity index (χ4v) is 2.28. The van der Waals surface area contributed by atoms with Gasteiger partial charge in [0.1, 0.15) is 0 Å². The number of sulfonamides is 1. The number of nitrogens with two attached hydrogens (primary N) is 2. The Kier molecular flexibility index (Phi) is 3.45. The molecule has 0 spiro atoms. The second-order valence-corrected chi connectivity index (χ2v) is 6.10. The van der Waals surface area contributed by atoms with E-state index in [0.29, 0.717) is 0 Å². The van der Waals surface area contributed by atoms with Gasteiger partial charge in [-0.2, -0.15) is 8.42 Å². The van der Waals surface area contributed by atoms with Crippen LogP contribution in [0.1, 0.15) is 0 Å². The zero-order valence-electron chi connectivity index (χ0n) is 7.71. The lowest BCUT2D eigenvalue weighted by molar-refractivity contribution is 0.597. The summed E-state index contributed by atoms with van der Waals surface area (Å²) in [5, 5.41) is 9.45. The second kappa shape index (κ2) is 4.18. The molecule has 0 aliphatic rings. The van der Waals surface area contributed by atoms with E-state index >= 15 is 0 Å². The first-order chi connectivity index (χ1) is 7.09. The van der Waals surface area contributed by atoms with E-state index in [2.05, 4.69) is 0 Å². The van der Waals surface area contributed by atoms with Crippen LogP contribution in [0.15, 0.2) is 23.1 Å². The number of nitrogens with one attached hydrogen (secondary N) is 1. The van der Waals surface area contributed by atoms with Gasteiger partial charge in [0.15, 0.2) is 0 Å². The van der Waals surface area contributed by atoms with Crippen LogP contribution in [-0.4, -0.2) is 16.8 Å². The predicted molar refractivity (Wildman–Crippen MR) is 59.6 cm³/mol. The first-order valence-corrected chi connectivity index (χ1v) is 7.19. The van der Waals surface area contributed by atoms with Gasteiger partial charge in [-0.15, -0.1) is 0 Å². The minimum absolute atomic E-state index is 0.0310. The molecule has 0 heterocycles. The molecule has 1 aromatic rings. The molecule has 0 saturated carbocycles. The molecular formula is C6H8ClN3O4S2. The van der Waals surface area contributed by atoms with Gasteiger partial charge >= 0.3 is 0 Å². The van der Waals surface area contributed by atoms with Crippen molar-refractivity contribution in [2.75, 3.05) is 4.72 Å². The summed E-state index contributed by atoms with van der Waals surface area (Å²) >= 11 is 5.64. The summed E-state index contributed by atoms with van der Waals surface area (Å²) < 4.78 is 45.2. The molecule has 0 aliphatic heterocycles. The Morgan fingerprint density at radius 1 is 1.12 bits per heavy atom. The highest BCUT2D eigenvalue weighted by molar-refractivity contribution is 7.90. The van der Waals surface area contributed by atoms with Crippen molar-refractivity contribution in [2.24, 2.45) is 10.3 Å². The Labute approximate surface area is 97.6 Å². The zero-order chi connectivity index (χ0) is 12.6. The number of anilines is 1. The summed E-state index contributed by atoms with van der Waals surface area (Å²) in [5.41, 5.74) is -0.0310. The van der Waals surface area contributed by atoms with Crippen LogP contribution in [0, 0.1) is 0 Å². The van der Waals surface area contributed by atoms with E-state index in [9.17, 15) is 16.8 Å². The van der Waals surface area contributed by atoms with Gasteiger partial charge in [0, 0.05) is 0 Å². The molecule has 7 nitrogen and oxygen atoms in total. The van der Waals surface area contributed by atoms with E-state index in [1.807, 2.05) is 4.72 Å². The summed E-state index contributed by atoms with van der Waals surface area (Å²) in [7, 11) is -7.84. The topological polar surface area (TPSA) is 132 Å². The van der Waals surface area contributed by atoms with Crippen LogP contribution in [0.3, 0.4) is 0 Å². The van der Waals surface area contributed by atoms with Gasteiger partial charge in [0.2, 0.25) is 10.0 Å². The number of halogens is 1. The molecule has 16 heavy (non-hydrogen) atoms. The van der Waals surface area contributed by atoms with Crippen molar-refractivity contribution in [3.8, 4) is 0 Å². The molecule has 1 aromatic carbocycles. The van der Waals surface area contributed by atoms with Crippen LogP contribution in [-0.2, 0) is 20.2 Å². The maximum absolute atomic E-state index is 10.9. The molecule has 0 radical (unpaired) electrons. The molecule has 10 heteroatoms. The minimum Gasteiger partial charge on any atom is -0.270 e. The Bertz CT molecular complexity index is 611. The van der Waals surface area contributed by atoms with E-state index in [1.165, 1.54) is 0 Å². The van der Waals surface area contributed by atoms with Gasteiger partial charge in [0.25, 0.3) is 10.2 Å². The van der Waals surface area contributed by atoms with Crippen molar-refractivity contribution in [1.29, 1.82) is 0 Å². The van der Waals surface area contributed by atoms with Crippen molar-refractivity contribution in [2.45, 2.75) is 4.90 Å². The molecule has 0 atom stereocenters. The van der Waals surface area contributed by atoms with Crippen molar-refractivity contribution >= 4 is 37.5 Å². The van der Waals surface area contributed by atoms with Gasteiger partial charge in [-0.05, 0) is 18.2 Å². The zero-order valence-corrected chi connectivity index (χ0v) is 10.1. The van der Waals surface area contributed by atoms with Crippen LogP contribution >= 0.6 is 11.6 Å². The quantitative estimate of drug-likeness (QED) is 0.697. The first kappa shape index (κ1) is 13.2. The van der Waals surface area contributed by atoms with Crippen LogP contribution in [0.5, 0.6) is 0 Å². The largest absolute Gasteiger partial charge is 0.296 e. The van der Waals surface area contributed by atoms with E-state index < -0.39 is 20.2 Å². The monoisotopic (exact) mass is 285 g/mol. The Morgan fingerprint density at radius 3 is 2.06 bits per heavy atom. The molecule has 0 saturated heterocycles. The standard InChI is InChI=1S/C6H8ClN3O4S2/c7-5-3-4(15(8,11)12)1-2-6(5)10-16(9,13)14/h1-3,10H,(H2,8,11,12)(H2,9,13,14). The number of benzene rings is 1. The summed E-state index contributed by atoms with van der Waals surface area (Å²) in [6, 6.07) is 3.27. The molecular weight excluding hydrogens is 278 g/mol. The van der Waals surface area contributed by atoms with Crippen molar-refractivity contribution < 1.29 is 16.8 Å². The third-order valence-corrected chi connectivity index (χ3v) is 3.25.